The van der Waals surface area contributed by atoms with Gasteiger partial charge in [-0.3, -0.25) is 4.79 Å². The summed E-state index contributed by atoms with van der Waals surface area (Å²) in [7, 11) is 0. The molecule has 0 aromatic heterocycles. The zero-order valence-electron chi connectivity index (χ0n) is 17.9. The summed E-state index contributed by atoms with van der Waals surface area (Å²) in [5.41, 5.74) is 4.71. The second kappa shape index (κ2) is 10.5. The molecule has 0 bridgehead atoms. The Bertz CT molecular complexity index is 887. The molecule has 1 fully saturated rings. The van der Waals surface area contributed by atoms with Crippen molar-refractivity contribution in [2.24, 2.45) is 5.92 Å². The Labute approximate surface area is 194 Å². The van der Waals surface area contributed by atoms with Crippen molar-refractivity contribution in [3.8, 4) is 0 Å². The molecular formula is C25H30Cl2O2S. The molecule has 1 N–H and O–H groups in total. The third kappa shape index (κ3) is 5.24. The van der Waals surface area contributed by atoms with Crippen LogP contribution >= 0.6 is 35.0 Å². The molecule has 5 heteroatoms. The fourth-order valence-electron chi connectivity index (χ4n) is 4.63. The number of aliphatic hydroxyl groups excluding tert-OH is 1. The molecule has 3 rings (SSSR count). The maximum Gasteiger partial charge on any atom is 0.143 e. The van der Waals surface area contributed by atoms with Crippen molar-refractivity contribution in [3.05, 3.63) is 62.6 Å². The van der Waals surface area contributed by atoms with E-state index in [1.54, 1.807) is 17.8 Å². The summed E-state index contributed by atoms with van der Waals surface area (Å²) in [6.07, 6.45) is 3.21. The van der Waals surface area contributed by atoms with E-state index in [1.807, 2.05) is 12.1 Å². The normalized spacial score (nSPS) is 21.8. The van der Waals surface area contributed by atoms with Gasteiger partial charge in [-0.05, 0) is 73.1 Å². The standard InChI is InChI=1S/C25H30Cl2O2S/c1-4-17-11-15(3)12-18(5-2)23(17)24-20(28)13-16(14-21(24)29)9-10-30-22-8-6-7-19(26)25(22)27/h6-8,11-12,16,20,24,28H,4-5,9-10,13-14H2,1-3H3. The van der Waals surface area contributed by atoms with Gasteiger partial charge in [0.15, 0.2) is 0 Å². The SMILES string of the molecule is CCc1cc(C)cc(CC)c1C1C(=O)CC(CCSc2cccc(Cl)c2Cl)CC1O. The lowest BCUT2D eigenvalue weighted by Crippen LogP contribution is -2.36. The molecule has 0 amide bonds. The Morgan fingerprint density at radius 2 is 1.80 bits per heavy atom. The lowest BCUT2D eigenvalue weighted by molar-refractivity contribution is -0.127. The first-order valence-corrected chi connectivity index (χ1v) is 12.5. The number of rotatable bonds is 7. The van der Waals surface area contributed by atoms with Crippen LogP contribution in [0.1, 0.15) is 61.3 Å². The van der Waals surface area contributed by atoms with Crippen LogP contribution in [-0.2, 0) is 17.6 Å². The summed E-state index contributed by atoms with van der Waals surface area (Å²) >= 11 is 14.0. The summed E-state index contributed by atoms with van der Waals surface area (Å²) in [4.78, 5) is 14.1. The van der Waals surface area contributed by atoms with Gasteiger partial charge < -0.3 is 5.11 Å². The van der Waals surface area contributed by atoms with Gasteiger partial charge in [-0.2, -0.15) is 0 Å². The average Bonchev–Trinajstić information content (AvgIpc) is 2.71. The minimum absolute atomic E-state index is 0.179. The Morgan fingerprint density at radius 1 is 1.13 bits per heavy atom. The minimum Gasteiger partial charge on any atom is -0.392 e. The van der Waals surface area contributed by atoms with Gasteiger partial charge in [0.25, 0.3) is 0 Å². The molecule has 0 aliphatic heterocycles. The van der Waals surface area contributed by atoms with E-state index < -0.39 is 6.10 Å². The molecule has 0 saturated heterocycles. The first kappa shape index (κ1) is 23.7. The third-order valence-electron chi connectivity index (χ3n) is 6.06. The molecule has 2 aromatic carbocycles. The largest absolute Gasteiger partial charge is 0.392 e. The number of hydrogen-bond donors (Lipinski definition) is 1. The summed E-state index contributed by atoms with van der Waals surface area (Å²) < 4.78 is 0. The highest BCUT2D eigenvalue weighted by atomic mass is 35.5. The van der Waals surface area contributed by atoms with Crippen LogP contribution in [0.15, 0.2) is 35.2 Å². The van der Waals surface area contributed by atoms with Crippen LogP contribution in [0.3, 0.4) is 0 Å². The Kier molecular flexibility index (Phi) is 8.31. The van der Waals surface area contributed by atoms with Crippen molar-refractivity contribution in [1.82, 2.24) is 0 Å². The molecule has 30 heavy (non-hydrogen) atoms. The average molecular weight is 465 g/mol. The van der Waals surface area contributed by atoms with Gasteiger partial charge in [-0.1, -0.05) is 60.8 Å². The topological polar surface area (TPSA) is 37.3 Å². The molecule has 0 spiro atoms. The van der Waals surface area contributed by atoms with Crippen molar-refractivity contribution in [2.75, 3.05) is 5.75 Å². The fraction of sp³-hybridized carbons (Fsp3) is 0.480. The van der Waals surface area contributed by atoms with Crippen LogP contribution in [0.5, 0.6) is 0 Å². The number of benzene rings is 2. The van der Waals surface area contributed by atoms with Gasteiger partial charge in [0.2, 0.25) is 0 Å². The van der Waals surface area contributed by atoms with Crippen molar-refractivity contribution < 1.29 is 9.90 Å². The number of hydrogen-bond acceptors (Lipinski definition) is 3. The monoisotopic (exact) mass is 464 g/mol. The summed E-state index contributed by atoms with van der Waals surface area (Å²) in [5, 5.41) is 12.1. The number of aliphatic hydroxyl groups is 1. The lowest BCUT2D eigenvalue weighted by Gasteiger charge is -2.34. The zero-order valence-corrected chi connectivity index (χ0v) is 20.2. The Balaban J connectivity index is 1.69. The van der Waals surface area contributed by atoms with Crippen molar-refractivity contribution in [3.63, 3.8) is 0 Å². The molecule has 3 atom stereocenters. The maximum absolute atomic E-state index is 13.2. The van der Waals surface area contributed by atoms with Crippen LogP contribution in [-0.4, -0.2) is 22.7 Å². The summed E-state index contributed by atoms with van der Waals surface area (Å²) in [5.74, 6) is 0.842. The number of halogens is 2. The highest BCUT2D eigenvalue weighted by Gasteiger charge is 2.38. The van der Waals surface area contributed by atoms with Gasteiger partial charge in [-0.25, -0.2) is 0 Å². The molecule has 1 aliphatic rings. The van der Waals surface area contributed by atoms with Gasteiger partial charge in [0.1, 0.15) is 5.78 Å². The highest BCUT2D eigenvalue weighted by molar-refractivity contribution is 7.99. The molecule has 1 aliphatic carbocycles. The number of carbonyl (C=O) groups excluding carboxylic acids is 1. The molecule has 0 heterocycles. The minimum atomic E-state index is -0.616. The van der Waals surface area contributed by atoms with E-state index in [2.05, 4.69) is 32.9 Å². The fourth-order valence-corrected chi connectivity index (χ4v) is 6.23. The van der Waals surface area contributed by atoms with E-state index >= 15 is 0 Å². The van der Waals surface area contributed by atoms with Gasteiger partial charge in [0.05, 0.1) is 22.1 Å². The second-order valence-electron chi connectivity index (χ2n) is 8.21. The molecule has 162 valence electrons. The first-order chi connectivity index (χ1) is 14.3. The van der Waals surface area contributed by atoms with Crippen LogP contribution in [0.4, 0.5) is 0 Å². The van der Waals surface area contributed by atoms with E-state index in [0.29, 0.717) is 22.9 Å². The number of aryl methyl sites for hydroxylation is 3. The van der Waals surface area contributed by atoms with E-state index in [9.17, 15) is 9.90 Å². The Morgan fingerprint density at radius 3 is 2.40 bits per heavy atom. The summed E-state index contributed by atoms with van der Waals surface area (Å²) in [6.45, 7) is 6.35. The Hall–Kier alpha value is -1.000. The quantitative estimate of drug-likeness (QED) is 0.446. The number of Topliss-reactive ketones (excluding diaryl/α,β-unsaturated/α-hetero) is 1. The van der Waals surface area contributed by atoms with E-state index in [1.165, 1.54) is 16.7 Å². The molecule has 2 aromatic rings. The van der Waals surface area contributed by atoms with E-state index in [0.717, 1.165) is 35.5 Å². The molecule has 0 radical (unpaired) electrons. The lowest BCUT2D eigenvalue weighted by atomic mass is 9.72. The zero-order chi connectivity index (χ0) is 21.8. The first-order valence-electron chi connectivity index (χ1n) is 10.8. The second-order valence-corrected chi connectivity index (χ2v) is 10.1. The number of ketones is 1. The predicted octanol–water partition coefficient (Wildman–Crippen LogP) is 7.03. The van der Waals surface area contributed by atoms with E-state index in [-0.39, 0.29) is 17.6 Å². The molecule has 2 nitrogen and oxygen atoms in total. The van der Waals surface area contributed by atoms with Gasteiger partial charge >= 0.3 is 0 Å². The van der Waals surface area contributed by atoms with Gasteiger partial charge in [-0.15, -0.1) is 11.8 Å². The van der Waals surface area contributed by atoms with Crippen LogP contribution in [0.25, 0.3) is 0 Å². The highest BCUT2D eigenvalue weighted by Crippen LogP contribution is 2.40. The van der Waals surface area contributed by atoms with Crippen molar-refractivity contribution in [2.45, 2.75) is 69.8 Å². The third-order valence-corrected chi connectivity index (χ3v) is 8.09. The molecular weight excluding hydrogens is 435 g/mol. The smallest absolute Gasteiger partial charge is 0.143 e. The van der Waals surface area contributed by atoms with Crippen molar-refractivity contribution in [1.29, 1.82) is 0 Å². The van der Waals surface area contributed by atoms with Crippen LogP contribution in [0.2, 0.25) is 10.0 Å². The number of thioether (sulfide) groups is 1. The van der Waals surface area contributed by atoms with Crippen molar-refractivity contribution >= 4 is 40.7 Å². The number of carbonyl (C=O) groups is 1. The maximum atomic E-state index is 13.2. The molecule has 3 unspecified atom stereocenters. The predicted molar refractivity (Wildman–Crippen MR) is 128 cm³/mol. The van der Waals surface area contributed by atoms with Crippen LogP contribution < -0.4 is 0 Å². The van der Waals surface area contributed by atoms with E-state index in [4.69, 9.17) is 23.2 Å². The van der Waals surface area contributed by atoms with Crippen LogP contribution in [0, 0.1) is 12.8 Å². The van der Waals surface area contributed by atoms with Gasteiger partial charge in [0, 0.05) is 11.3 Å². The summed E-state index contributed by atoms with van der Waals surface area (Å²) in [6, 6.07) is 9.99. The molecule has 1 saturated carbocycles.